The van der Waals surface area contributed by atoms with E-state index in [1.54, 1.807) is 11.3 Å². The minimum Gasteiger partial charge on any atom is -0.389 e. The third-order valence-electron chi connectivity index (χ3n) is 4.78. The summed E-state index contributed by atoms with van der Waals surface area (Å²) in [6.45, 7) is 1.63. The molecule has 1 saturated heterocycles. The Balaban J connectivity index is 1.83. The fourth-order valence-corrected chi connectivity index (χ4v) is 5.29. The fourth-order valence-electron chi connectivity index (χ4n) is 3.71. The quantitative estimate of drug-likeness (QED) is 0.894. The number of rotatable bonds is 2. The number of ether oxygens (including phenoxy) is 1. The Morgan fingerprint density at radius 2 is 2.00 bits per heavy atom. The van der Waals surface area contributed by atoms with Gasteiger partial charge in [0.2, 0.25) is 0 Å². The smallest absolute Gasteiger partial charge is 0.0753 e. The first kappa shape index (κ1) is 13.1. The molecule has 1 spiro atoms. The first-order valence-corrected chi connectivity index (χ1v) is 8.29. The third kappa shape index (κ3) is 2.17. The van der Waals surface area contributed by atoms with E-state index in [2.05, 4.69) is 28.1 Å². The minimum atomic E-state index is -0.513. The Bertz CT molecular complexity index is 425. The lowest BCUT2D eigenvalue weighted by molar-refractivity contribution is -0.112. The van der Waals surface area contributed by atoms with Gasteiger partial charge in [-0.05, 0) is 60.2 Å². The van der Waals surface area contributed by atoms with Gasteiger partial charge in [0, 0.05) is 29.9 Å². The molecule has 2 heterocycles. The lowest BCUT2D eigenvalue weighted by Crippen LogP contribution is -2.48. The Hall–Kier alpha value is 0.1000. The molecule has 0 aromatic carbocycles. The van der Waals surface area contributed by atoms with Crippen LogP contribution in [0, 0.1) is 5.41 Å². The van der Waals surface area contributed by atoms with Crippen LogP contribution in [0.3, 0.4) is 0 Å². The highest BCUT2D eigenvalue weighted by Gasteiger charge is 2.53. The number of thiophene rings is 1. The summed E-state index contributed by atoms with van der Waals surface area (Å²) in [6.07, 6.45) is 6.13. The van der Waals surface area contributed by atoms with Gasteiger partial charge in [0.15, 0.2) is 0 Å². The molecule has 0 radical (unpaired) electrons. The molecule has 0 bridgehead atoms. The average molecular weight is 331 g/mol. The molecule has 2 nitrogen and oxygen atoms in total. The zero-order valence-electron chi connectivity index (χ0n) is 10.5. The van der Waals surface area contributed by atoms with Crippen LogP contribution in [-0.4, -0.2) is 23.9 Å². The second kappa shape index (κ2) is 4.89. The van der Waals surface area contributed by atoms with Crippen LogP contribution in [-0.2, 0) is 11.2 Å². The number of aliphatic hydroxyl groups is 1. The van der Waals surface area contributed by atoms with Crippen LogP contribution in [0.25, 0.3) is 0 Å². The van der Waals surface area contributed by atoms with Crippen molar-refractivity contribution in [1.29, 1.82) is 0 Å². The Morgan fingerprint density at radius 3 is 2.67 bits per heavy atom. The molecule has 2 fully saturated rings. The SMILES string of the molecule is OC1(Cc2ccc(Br)s2)CCCC12CCOCC2. The second-order valence-electron chi connectivity index (χ2n) is 5.66. The van der Waals surface area contributed by atoms with Crippen LogP contribution in [0.15, 0.2) is 15.9 Å². The molecule has 100 valence electrons. The van der Waals surface area contributed by atoms with E-state index in [-0.39, 0.29) is 5.41 Å². The summed E-state index contributed by atoms with van der Waals surface area (Å²) in [4.78, 5) is 1.29. The summed E-state index contributed by atoms with van der Waals surface area (Å²) in [5.41, 5.74) is -0.400. The van der Waals surface area contributed by atoms with Crippen LogP contribution in [0.4, 0.5) is 0 Å². The molecular formula is C14H19BrO2S. The first-order valence-electron chi connectivity index (χ1n) is 6.68. The van der Waals surface area contributed by atoms with Gasteiger partial charge in [-0.2, -0.15) is 0 Å². The lowest BCUT2D eigenvalue weighted by atomic mass is 9.67. The molecule has 3 rings (SSSR count). The van der Waals surface area contributed by atoms with Gasteiger partial charge in [0.25, 0.3) is 0 Å². The topological polar surface area (TPSA) is 29.5 Å². The van der Waals surface area contributed by atoms with Crippen molar-refractivity contribution in [2.45, 2.75) is 44.1 Å². The molecule has 18 heavy (non-hydrogen) atoms. The molecule has 1 aromatic rings. The summed E-state index contributed by atoms with van der Waals surface area (Å²) in [7, 11) is 0. The fraction of sp³-hybridized carbons (Fsp3) is 0.714. The Morgan fingerprint density at radius 1 is 1.22 bits per heavy atom. The van der Waals surface area contributed by atoms with Crippen LogP contribution < -0.4 is 0 Å². The summed E-state index contributed by atoms with van der Waals surface area (Å²) in [5, 5.41) is 11.2. The lowest BCUT2D eigenvalue weighted by Gasteiger charge is -2.45. The van der Waals surface area contributed by atoms with Crippen molar-refractivity contribution in [3.63, 3.8) is 0 Å². The number of hydrogen-bond donors (Lipinski definition) is 1. The maximum Gasteiger partial charge on any atom is 0.0753 e. The van der Waals surface area contributed by atoms with Gasteiger partial charge in [0.05, 0.1) is 9.39 Å². The minimum absolute atomic E-state index is 0.113. The van der Waals surface area contributed by atoms with E-state index in [4.69, 9.17) is 4.74 Å². The highest BCUT2D eigenvalue weighted by molar-refractivity contribution is 9.11. The largest absolute Gasteiger partial charge is 0.389 e. The molecule has 4 heteroatoms. The van der Waals surface area contributed by atoms with Crippen LogP contribution >= 0.6 is 27.3 Å². The third-order valence-corrected chi connectivity index (χ3v) is 6.40. The van der Waals surface area contributed by atoms with Crippen molar-refractivity contribution in [1.82, 2.24) is 0 Å². The van der Waals surface area contributed by atoms with Gasteiger partial charge in [-0.15, -0.1) is 11.3 Å². The van der Waals surface area contributed by atoms with Gasteiger partial charge in [-0.25, -0.2) is 0 Å². The molecule has 0 amide bonds. The summed E-state index contributed by atoms with van der Waals surface area (Å²) >= 11 is 5.25. The molecule has 1 saturated carbocycles. The monoisotopic (exact) mass is 330 g/mol. The van der Waals surface area contributed by atoms with Gasteiger partial charge >= 0.3 is 0 Å². The van der Waals surface area contributed by atoms with Gasteiger partial charge in [0.1, 0.15) is 0 Å². The zero-order valence-corrected chi connectivity index (χ0v) is 12.9. The van der Waals surface area contributed by atoms with E-state index >= 15 is 0 Å². The molecule has 1 aromatic heterocycles. The summed E-state index contributed by atoms with van der Waals surface area (Å²) < 4.78 is 6.64. The molecule has 1 aliphatic carbocycles. The van der Waals surface area contributed by atoms with Crippen molar-refractivity contribution in [2.75, 3.05) is 13.2 Å². The van der Waals surface area contributed by atoms with E-state index in [1.165, 1.54) is 11.3 Å². The van der Waals surface area contributed by atoms with E-state index in [0.717, 1.165) is 49.1 Å². The maximum absolute atomic E-state index is 11.2. The van der Waals surface area contributed by atoms with Crippen molar-refractivity contribution in [2.24, 2.45) is 5.41 Å². The summed E-state index contributed by atoms with van der Waals surface area (Å²) in [6, 6.07) is 4.22. The molecule has 1 N–H and O–H groups in total. The zero-order chi connectivity index (χ0) is 12.6. The first-order chi connectivity index (χ1) is 8.64. The molecule has 1 aliphatic heterocycles. The van der Waals surface area contributed by atoms with Crippen LogP contribution in [0.2, 0.25) is 0 Å². The standard InChI is InChI=1S/C14H19BrO2S/c15-12-3-2-11(18-12)10-14(16)5-1-4-13(14)6-8-17-9-7-13/h2-3,16H,1,4-10H2. The van der Waals surface area contributed by atoms with Crippen molar-refractivity contribution >= 4 is 27.3 Å². The molecule has 2 aliphatic rings. The normalized spacial score (nSPS) is 31.0. The predicted molar refractivity (Wildman–Crippen MR) is 77.0 cm³/mol. The average Bonchev–Trinajstić information content (AvgIpc) is 2.87. The number of halogens is 1. The molecule has 1 unspecified atom stereocenters. The summed E-state index contributed by atoms with van der Waals surface area (Å²) in [5.74, 6) is 0. The van der Waals surface area contributed by atoms with E-state index in [0.29, 0.717) is 0 Å². The molecule has 1 atom stereocenters. The van der Waals surface area contributed by atoms with Gasteiger partial charge in [-0.1, -0.05) is 0 Å². The second-order valence-corrected chi connectivity index (χ2v) is 8.21. The molecular weight excluding hydrogens is 312 g/mol. The van der Waals surface area contributed by atoms with E-state index < -0.39 is 5.60 Å². The van der Waals surface area contributed by atoms with E-state index in [1.807, 2.05) is 0 Å². The van der Waals surface area contributed by atoms with Crippen molar-refractivity contribution in [3.05, 3.63) is 20.8 Å². The maximum atomic E-state index is 11.2. The number of hydrogen-bond acceptors (Lipinski definition) is 3. The highest BCUT2D eigenvalue weighted by atomic mass is 79.9. The Kier molecular flexibility index (Phi) is 3.56. The predicted octanol–water partition coefficient (Wildman–Crippen LogP) is 3.76. The van der Waals surface area contributed by atoms with Crippen LogP contribution in [0.5, 0.6) is 0 Å². The van der Waals surface area contributed by atoms with E-state index in [9.17, 15) is 5.11 Å². The van der Waals surface area contributed by atoms with Gasteiger partial charge in [-0.3, -0.25) is 0 Å². The van der Waals surface area contributed by atoms with Gasteiger partial charge < -0.3 is 9.84 Å². The van der Waals surface area contributed by atoms with Crippen LogP contribution in [0.1, 0.15) is 37.0 Å². The van der Waals surface area contributed by atoms with Crippen molar-refractivity contribution < 1.29 is 9.84 Å². The highest BCUT2D eigenvalue weighted by Crippen LogP contribution is 2.54. The van der Waals surface area contributed by atoms with Crippen molar-refractivity contribution in [3.8, 4) is 0 Å². The Labute approximate surface area is 120 Å².